The highest BCUT2D eigenvalue weighted by Gasteiger charge is 2.07. The summed E-state index contributed by atoms with van der Waals surface area (Å²) in [6.45, 7) is 4.92. The molecule has 0 saturated heterocycles. The Morgan fingerprint density at radius 2 is 1.89 bits per heavy atom. The van der Waals surface area contributed by atoms with Crippen molar-refractivity contribution in [2.24, 2.45) is 5.92 Å². The van der Waals surface area contributed by atoms with E-state index in [4.69, 9.17) is 4.74 Å². The molecule has 0 aliphatic heterocycles. The second-order valence-corrected chi connectivity index (χ2v) is 5.38. The average Bonchev–Trinajstić information content (AvgIpc) is 2.40. The van der Waals surface area contributed by atoms with Crippen LogP contribution in [-0.2, 0) is 14.3 Å². The lowest BCUT2D eigenvalue weighted by Gasteiger charge is -2.10. The average molecular weight is 270 g/mol. The molecule has 0 radical (unpaired) electrons. The van der Waals surface area contributed by atoms with Gasteiger partial charge < -0.3 is 9.53 Å². The predicted molar refractivity (Wildman–Crippen MR) is 78.0 cm³/mol. The van der Waals surface area contributed by atoms with Gasteiger partial charge in [0.1, 0.15) is 6.29 Å². The van der Waals surface area contributed by atoms with Crippen molar-refractivity contribution in [2.45, 2.75) is 78.1 Å². The van der Waals surface area contributed by atoms with Gasteiger partial charge in [0.15, 0.2) is 0 Å². The van der Waals surface area contributed by atoms with E-state index in [-0.39, 0.29) is 5.97 Å². The Morgan fingerprint density at radius 3 is 2.58 bits per heavy atom. The number of esters is 1. The van der Waals surface area contributed by atoms with Crippen LogP contribution in [-0.4, -0.2) is 18.9 Å². The summed E-state index contributed by atoms with van der Waals surface area (Å²) < 4.78 is 5.17. The molecule has 0 fully saturated rings. The van der Waals surface area contributed by atoms with Crippen LogP contribution in [0.15, 0.2) is 0 Å². The van der Waals surface area contributed by atoms with E-state index in [0.29, 0.717) is 25.4 Å². The maximum absolute atomic E-state index is 11.5. The second kappa shape index (κ2) is 13.6. The molecule has 19 heavy (non-hydrogen) atoms. The highest BCUT2D eigenvalue weighted by molar-refractivity contribution is 5.69. The van der Waals surface area contributed by atoms with E-state index in [1.807, 2.05) is 0 Å². The van der Waals surface area contributed by atoms with E-state index in [0.717, 1.165) is 32.0 Å². The Kier molecular flexibility index (Phi) is 13.0. The van der Waals surface area contributed by atoms with E-state index in [1.165, 1.54) is 25.7 Å². The van der Waals surface area contributed by atoms with Crippen molar-refractivity contribution in [2.75, 3.05) is 6.61 Å². The number of carbonyl (C=O) groups excluding carboxylic acids is 2. The molecule has 3 heteroatoms. The summed E-state index contributed by atoms with van der Waals surface area (Å²) in [4.78, 5) is 21.6. The Balaban J connectivity index is 3.35. The number of unbranched alkanes of at least 4 members (excludes halogenated alkanes) is 5. The predicted octanol–water partition coefficient (Wildman–Crippen LogP) is 4.29. The Bertz CT molecular complexity index is 226. The summed E-state index contributed by atoms with van der Waals surface area (Å²) in [5, 5.41) is 0. The topological polar surface area (TPSA) is 43.4 Å². The summed E-state index contributed by atoms with van der Waals surface area (Å²) in [7, 11) is 0. The molecule has 0 amide bonds. The molecular weight excluding hydrogens is 240 g/mol. The van der Waals surface area contributed by atoms with Gasteiger partial charge in [0.2, 0.25) is 0 Å². The third-order valence-electron chi connectivity index (χ3n) is 3.37. The first kappa shape index (κ1) is 18.1. The van der Waals surface area contributed by atoms with Crippen LogP contribution in [0.1, 0.15) is 78.1 Å². The molecule has 112 valence electrons. The van der Waals surface area contributed by atoms with Crippen LogP contribution < -0.4 is 0 Å². The molecule has 0 aliphatic carbocycles. The number of aldehydes is 1. The molecule has 0 spiro atoms. The van der Waals surface area contributed by atoms with Gasteiger partial charge in [-0.2, -0.15) is 0 Å². The number of hydrogen-bond acceptors (Lipinski definition) is 3. The molecule has 0 saturated carbocycles. The zero-order valence-corrected chi connectivity index (χ0v) is 12.7. The molecule has 0 aromatic rings. The molecule has 0 N–H and O–H groups in total. The number of rotatable bonds is 13. The first-order valence-electron chi connectivity index (χ1n) is 7.80. The van der Waals surface area contributed by atoms with Crippen molar-refractivity contribution < 1.29 is 14.3 Å². The van der Waals surface area contributed by atoms with Crippen LogP contribution in [0, 0.1) is 5.92 Å². The fourth-order valence-electron chi connectivity index (χ4n) is 2.02. The van der Waals surface area contributed by atoms with Crippen molar-refractivity contribution >= 4 is 12.3 Å². The smallest absolute Gasteiger partial charge is 0.305 e. The molecule has 1 unspecified atom stereocenters. The van der Waals surface area contributed by atoms with Gasteiger partial charge in [0.25, 0.3) is 0 Å². The van der Waals surface area contributed by atoms with Gasteiger partial charge in [-0.1, -0.05) is 39.5 Å². The summed E-state index contributed by atoms with van der Waals surface area (Å²) in [5.74, 6) is 0.546. The van der Waals surface area contributed by atoms with Crippen LogP contribution in [0.4, 0.5) is 0 Å². The van der Waals surface area contributed by atoms with Crippen LogP contribution in [0.25, 0.3) is 0 Å². The molecule has 0 aromatic heterocycles. The zero-order valence-electron chi connectivity index (χ0n) is 12.7. The van der Waals surface area contributed by atoms with Crippen molar-refractivity contribution in [3.05, 3.63) is 0 Å². The highest BCUT2D eigenvalue weighted by atomic mass is 16.5. The maximum atomic E-state index is 11.5. The van der Waals surface area contributed by atoms with Crippen LogP contribution in [0.5, 0.6) is 0 Å². The minimum atomic E-state index is -0.0715. The van der Waals surface area contributed by atoms with E-state index >= 15 is 0 Å². The minimum Gasteiger partial charge on any atom is -0.466 e. The Hall–Kier alpha value is -0.860. The molecule has 0 aliphatic rings. The number of carbonyl (C=O) groups is 2. The lowest BCUT2D eigenvalue weighted by atomic mass is 9.98. The third kappa shape index (κ3) is 13.4. The fraction of sp³-hybridized carbons (Fsp3) is 0.875. The Morgan fingerprint density at radius 1 is 1.11 bits per heavy atom. The molecule has 0 heterocycles. The van der Waals surface area contributed by atoms with Crippen LogP contribution >= 0.6 is 0 Å². The molecule has 3 nitrogen and oxygen atoms in total. The largest absolute Gasteiger partial charge is 0.466 e. The number of ether oxygens (including phenoxy) is 1. The fourth-order valence-corrected chi connectivity index (χ4v) is 2.02. The summed E-state index contributed by atoms with van der Waals surface area (Å²) >= 11 is 0. The number of hydrogen-bond donors (Lipinski definition) is 0. The molecular formula is C16H30O3. The van der Waals surface area contributed by atoms with Gasteiger partial charge >= 0.3 is 5.97 Å². The van der Waals surface area contributed by atoms with Crippen LogP contribution in [0.2, 0.25) is 0 Å². The molecule has 0 rings (SSSR count). The van der Waals surface area contributed by atoms with E-state index in [2.05, 4.69) is 13.8 Å². The first-order chi connectivity index (χ1) is 9.20. The molecule has 0 bridgehead atoms. The van der Waals surface area contributed by atoms with Gasteiger partial charge in [-0.15, -0.1) is 0 Å². The van der Waals surface area contributed by atoms with Crippen molar-refractivity contribution in [1.82, 2.24) is 0 Å². The standard InChI is InChI=1S/C16H30O3/c1-3-4-7-10-15(2)11-12-16(18)19-14-9-6-5-8-13-17/h13,15H,3-12,14H2,1-2H3. The first-order valence-corrected chi connectivity index (χ1v) is 7.80. The van der Waals surface area contributed by atoms with Gasteiger partial charge in [-0.25, -0.2) is 0 Å². The summed E-state index contributed by atoms with van der Waals surface area (Å²) in [6.07, 6.45) is 10.8. The van der Waals surface area contributed by atoms with E-state index in [9.17, 15) is 9.59 Å². The molecule has 0 aromatic carbocycles. The van der Waals surface area contributed by atoms with Gasteiger partial charge in [0.05, 0.1) is 6.61 Å². The lowest BCUT2D eigenvalue weighted by molar-refractivity contribution is -0.144. The van der Waals surface area contributed by atoms with E-state index in [1.54, 1.807) is 0 Å². The second-order valence-electron chi connectivity index (χ2n) is 5.38. The Labute approximate surface area is 118 Å². The van der Waals surface area contributed by atoms with Crippen molar-refractivity contribution in [3.63, 3.8) is 0 Å². The normalized spacial score (nSPS) is 12.1. The monoisotopic (exact) mass is 270 g/mol. The lowest BCUT2D eigenvalue weighted by Crippen LogP contribution is -2.08. The SMILES string of the molecule is CCCCCC(C)CCC(=O)OCCCCCC=O. The van der Waals surface area contributed by atoms with E-state index < -0.39 is 0 Å². The quantitative estimate of drug-likeness (QED) is 0.285. The third-order valence-corrected chi connectivity index (χ3v) is 3.37. The summed E-state index contributed by atoms with van der Waals surface area (Å²) in [6, 6.07) is 0. The minimum absolute atomic E-state index is 0.0715. The van der Waals surface area contributed by atoms with Crippen molar-refractivity contribution in [3.8, 4) is 0 Å². The van der Waals surface area contributed by atoms with Gasteiger partial charge in [0, 0.05) is 12.8 Å². The van der Waals surface area contributed by atoms with Gasteiger partial charge in [-0.3, -0.25) is 4.79 Å². The molecule has 1 atom stereocenters. The highest BCUT2D eigenvalue weighted by Crippen LogP contribution is 2.15. The zero-order chi connectivity index (χ0) is 14.3. The summed E-state index contributed by atoms with van der Waals surface area (Å²) in [5.41, 5.74) is 0. The van der Waals surface area contributed by atoms with Crippen molar-refractivity contribution in [1.29, 1.82) is 0 Å². The van der Waals surface area contributed by atoms with Crippen LogP contribution in [0.3, 0.4) is 0 Å². The maximum Gasteiger partial charge on any atom is 0.305 e. The van der Waals surface area contributed by atoms with Gasteiger partial charge in [-0.05, 0) is 31.6 Å².